The summed E-state index contributed by atoms with van der Waals surface area (Å²) < 4.78 is 30.0. The number of nitrogens with zero attached hydrogens (tertiary/aromatic N) is 3. The number of alkyl halides is 2. The molecule has 1 amide bonds. The Hall–Kier alpha value is -2.44. The molecule has 21 heavy (non-hydrogen) atoms. The largest absolute Gasteiger partial charge is 0.435 e. The fourth-order valence-corrected chi connectivity index (χ4v) is 1.87. The molecule has 0 saturated heterocycles. The standard InChI is InChI=1S/C14H15F2N3O2/c1-18(9-11-7-8-17-19(11)2)13(20)10-3-5-12(6-4-10)21-14(15)16/h3-8,14H,9H2,1-2H3. The second-order valence-electron chi connectivity index (χ2n) is 4.51. The van der Waals surface area contributed by atoms with Crippen molar-refractivity contribution in [3.05, 3.63) is 47.8 Å². The Kier molecular flexibility index (Phi) is 4.52. The maximum Gasteiger partial charge on any atom is 0.387 e. The number of rotatable bonds is 5. The monoisotopic (exact) mass is 295 g/mol. The van der Waals surface area contributed by atoms with Crippen molar-refractivity contribution in [1.29, 1.82) is 0 Å². The highest BCUT2D eigenvalue weighted by atomic mass is 19.3. The topological polar surface area (TPSA) is 47.4 Å². The molecule has 5 nitrogen and oxygen atoms in total. The molecule has 0 unspecified atom stereocenters. The summed E-state index contributed by atoms with van der Waals surface area (Å²) in [4.78, 5) is 13.8. The van der Waals surface area contributed by atoms with Gasteiger partial charge < -0.3 is 9.64 Å². The number of carbonyl (C=O) groups is 1. The lowest BCUT2D eigenvalue weighted by molar-refractivity contribution is -0.0498. The van der Waals surface area contributed by atoms with Gasteiger partial charge in [0.2, 0.25) is 0 Å². The zero-order valence-corrected chi connectivity index (χ0v) is 11.7. The van der Waals surface area contributed by atoms with Gasteiger partial charge >= 0.3 is 6.61 Å². The Balaban J connectivity index is 2.03. The Bertz CT molecular complexity index is 611. The van der Waals surface area contributed by atoms with Gasteiger partial charge in [-0.15, -0.1) is 0 Å². The first-order valence-corrected chi connectivity index (χ1v) is 6.24. The lowest BCUT2D eigenvalue weighted by Crippen LogP contribution is -2.27. The molecule has 0 bridgehead atoms. The lowest BCUT2D eigenvalue weighted by Gasteiger charge is -2.17. The van der Waals surface area contributed by atoms with Crippen molar-refractivity contribution in [3.8, 4) is 5.75 Å². The van der Waals surface area contributed by atoms with Gasteiger partial charge in [-0.1, -0.05) is 0 Å². The third-order valence-electron chi connectivity index (χ3n) is 2.99. The van der Waals surface area contributed by atoms with Crippen LogP contribution in [0, 0.1) is 0 Å². The summed E-state index contributed by atoms with van der Waals surface area (Å²) in [6, 6.07) is 7.43. The van der Waals surface area contributed by atoms with Crippen LogP contribution in [0.15, 0.2) is 36.5 Å². The summed E-state index contributed by atoms with van der Waals surface area (Å²) >= 11 is 0. The minimum atomic E-state index is -2.88. The first-order valence-electron chi connectivity index (χ1n) is 6.24. The number of hydrogen-bond donors (Lipinski definition) is 0. The normalized spacial score (nSPS) is 10.7. The summed E-state index contributed by atoms with van der Waals surface area (Å²) in [5.74, 6) is -0.185. The van der Waals surface area contributed by atoms with Gasteiger partial charge in [0.1, 0.15) is 5.75 Å². The molecule has 1 aromatic carbocycles. The number of carbonyl (C=O) groups excluding carboxylic acids is 1. The van der Waals surface area contributed by atoms with Gasteiger partial charge in [-0.3, -0.25) is 9.48 Å². The van der Waals surface area contributed by atoms with E-state index in [9.17, 15) is 13.6 Å². The number of aryl methyl sites for hydroxylation is 1. The molecule has 2 aromatic rings. The predicted octanol–water partition coefficient (Wildman–Crippen LogP) is 2.29. The van der Waals surface area contributed by atoms with Crippen LogP contribution < -0.4 is 4.74 Å². The van der Waals surface area contributed by atoms with E-state index in [2.05, 4.69) is 9.84 Å². The van der Waals surface area contributed by atoms with E-state index in [-0.39, 0.29) is 11.7 Å². The molecule has 0 N–H and O–H groups in total. The van der Waals surface area contributed by atoms with Crippen molar-refractivity contribution in [1.82, 2.24) is 14.7 Å². The Morgan fingerprint density at radius 1 is 1.33 bits per heavy atom. The highest BCUT2D eigenvalue weighted by Crippen LogP contribution is 2.16. The van der Waals surface area contributed by atoms with Gasteiger partial charge in [-0.05, 0) is 30.3 Å². The zero-order valence-electron chi connectivity index (χ0n) is 11.7. The third-order valence-corrected chi connectivity index (χ3v) is 2.99. The van der Waals surface area contributed by atoms with E-state index in [0.717, 1.165) is 5.69 Å². The molecule has 1 heterocycles. The highest BCUT2D eigenvalue weighted by Gasteiger charge is 2.14. The summed E-state index contributed by atoms with van der Waals surface area (Å²) in [5, 5.41) is 4.03. The van der Waals surface area contributed by atoms with Crippen LogP contribution >= 0.6 is 0 Å². The first kappa shape index (κ1) is 15.0. The van der Waals surface area contributed by atoms with Crippen molar-refractivity contribution >= 4 is 5.91 Å². The summed E-state index contributed by atoms with van der Waals surface area (Å²) in [5.41, 5.74) is 1.30. The Labute approximate surface area is 120 Å². The molecule has 0 fully saturated rings. The van der Waals surface area contributed by atoms with E-state index in [1.165, 1.54) is 29.2 Å². The third kappa shape index (κ3) is 3.77. The number of benzene rings is 1. The Morgan fingerprint density at radius 2 is 2.00 bits per heavy atom. The molecular formula is C14H15F2N3O2. The van der Waals surface area contributed by atoms with Crippen molar-refractivity contribution in [3.63, 3.8) is 0 Å². The van der Waals surface area contributed by atoms with Crippen LogP contribution in [0.2, 0.25) is 0 Å². The van der Waals surface area contributed by atoms with Crippen LogP contribution in [-0.4, -0.2) is 34.2 Å². The van der Waals surface area contributed by atoms with Gasteiger partial charge in [0, 0.05) is 25.9 Å². The molecule has 7 heteroatoms. The Morgan fingerprint density at radius 3 is 2.52 bits per heavy atom. The number of amides is 1. The number of aromatic nitrogens is 2. The summed E-state index contributed by atoms with van der Waals surface area (Å²) in [6.07, 6.45) is 1.66. The van der Waals surface area contributed by atoms with Crippen LogP contribution in [0.25, 0.3) is 0 Å². The van der Waals surface area contributed by atoms with Gasteiger partial charge in [0.15, 0.2) is 0 Å². The van der Waals surface area contributed by atoms with Crippen LogP contribution in [0.1, 0.15) is 16.1 Å². The fourth-order valence-electron chi connectivity index (χ4n) is 1.87. The van der Waals surface area contributed by atoms with E-state index in [1.54, 1.807) is 25.0 Å². The minimum absolute atomic E-state index is 0.0239. The molecule has 0 aliphatic rings. The van der Waals surface area contributed by atoms with Crippen molar-refractivity contribution in [2.45, 2.75) is 13.2 Å². The second-order valence-corrected chi connectivity index (χ2v) is 4.51. The van der Waals surface area contributed by atoms with Crippen LogP contribution in [0.4, 0.5) is 8.78 Å². The van der Waals surface area contributed by atoms with Gasteiger partial charge in [0.05, 0.1) is 12.2 Å². The predicted molar refractivity (Wildman–Crippen MR) is 72.1 cm³/mol. The van der Waals surface area contributed by atoms with Crippen LogP contribution in [-0.2, 0) is 13.6 Å². The van der Waals surface area contributed by atoms with Crippen molar-refractivity contribution in [2.75, 3.05) is 7.05 Å². The quantitative estimate of drug-likeness (QED) is 0.850. The van der Waals surface area contributed by atoms with Crippen molar-refractivity contribution in [2.24, 2.45) is 7.05 Å². The smallest absolute Gasteiger partial charge is 0.387 e. The average Bonchev–Trinajstić information content (AvgIpc) is 2.83. The van der Waals surface area contributed by atoms with E-state index in [4.69, 9.17) is 0 Å². The second kappa shape index (κ2) is 6.34. The number of ether oxygens (including phenoxy) is 1. The zero-order chi connectivity index (χ0) is 15.4. The van der Waals surface area contributed by atoms with E-state index in [0.29, 0.717) is 12.1 Å². The lowest BCUT2D eigenvalue weighted by atomic mass is 10.2. The highest BCUT2D eigenvalue weighted by molar-refractivity contribution is 5.94. The SMILES string of the molecule is CN(Cc1ccnn1C)C(=O)c1ccc(OC(F)F)cc1. The average molecular weight is 295 g/mol. The number of halogens is 2. The molecule has 0 spiro atoms. The van der Waals surface area contributed by atoms with E-state index in [1.807, 2.05) is 6.07 Å². The summed E-state index contributed by atoms with van der Waals surface area (Å²) in [6.45, 7) is -2.47. The van der Waals surface area contributed by atoms with Gasteiger partial charge in [-0.2, -0.15) is 13.9 Å². The fraction of sp³-hybridized carbons (Fsp3) is 0.286. The molecule has 0 aliphatic carbocycles. The van der Waals surface area contributed by atoms with Crippen LogP contribution in [0.3, 0.4) is 0 Å². The molecule has 0 aliphatic heterocycles. The van der Waals surface area contributed by atoms with Gasteiger partial charge in [-0.25, -0.2) is 0 Å². The molecular weight excluding hydrogens is 280 g/mol. The molecule has 112 valence electrons. The first-order chi connectivity index (χ1) is 9.97. The maximum absolute atomic E-state index is 12.2. The van der Waals surface area contributed by atoms with Crippen LogP contribution in [0.5, 0.6) is 5.75 Å². The van der Waals surface area contributed by atoms with E-state index >= 15 is 0 Å². The molecule has 1 aromatic heterocycles. The molecule has 0 radical (unpaired) electrons. The molecule has 0 atom stereocenters. The van der Waals surface area contributed by atoms with E-state index < -0.39 is 6.61 Å². The number of hydrogen-bond acceptors (Lipinski definition) is 3. The minimum Gasteiger partial charge on any atom is -0.435 e. The van der Waals surface area contributed by atoms with Crippen molar-refractivity contribution < 1.29 is 18.3 Å². The maximum atomic E-state index is 12.2. The molecule has 2 rings (SSSR count). The summed E-state index contributed by atoms with van der Waals surface area (Å²) in [7, 11) is 3.46. The molecule has 0 saturated carbocycles. The van der Waals surface area contributed by atoms with Gasteiger partial charge in [0.25, 0.3) is 5.91 Å².